The summed E-state index contributed by atoms with van der Waals surface area (Å²) in [5, 5.41) is 2.16. The van der Waals surface area contributed by atoms with E-state index in [1.807, 2.05) is 6.92 Å². The molecule has 2 rings (SSSR count). The number of hydrogen-bond donors (Lipinski definition) is 1. The molecule has 0 bridgehead atoms. The number of carbonyl (C=O) groups is 1. The van der Waals surface area contributed by atoms with Gasteiger partial charge in [-0.1, -0.05) is 0 Å². The second kappa shape index (κ2) is 5.70. The Balaban J connectivity index is 2.32. The Hall–Kier alpha value is -1.76. The van der Waals surface area contributed by atoms with Crippen LogP contribution in [0.1, 0.15) is 17.4 Å². The molecule has 106 valence electrons. The Kier molecular flexibility index (Phi) is 4.17. The van der Waals surface area contributed by atoms with Crippen LogP contribution in [0, 0.1) is 17.5 Å². The first-order valence-electron chi connectivity index (χ1n) is 5.74. The number of amides is 1. The standard InChI is InChI=1S/C13H10BrF3N2O/c1-2-19-6-7(14)3-11(19)13(20)18-10-5-8(15)4-9(16)12(10)17/h3-6H,2H2,1H3,(H,18,20). The van der Waals surface area contributed by atoms with Crippen molar-refractivity contribution in [2.75, 3.05) is 5.32 Å². The average Bonchev–Trinajstić information content (AvgIpc) is 2.76. The van der Waals surface area contributed by atoms with Crippen molar-refractivity contribution >= 4 is 27.5 Å². The lowest BCUT2D eigenvalue weighted by atomic mass is 10.2. The third kappa shape index (κ3) is 2.87. The third-order valence-electron chi connectivity index (χ3n) is 2.68. The second-order valence-electron chi connectivity index (χ2n) is 4.03. The number of carbonyl (C=O) groups excluding carboxylic acids is 1. The van der Waals surface area contributed by atoms with Crippen LogP contribution < -0.4 is 5.32 Å². The molecule has 1 N–H and O–H groups in total. The van der Waals surface area contributed by atoms with Gasteiger partial charge in [-0.3, -0.25) is 4.79 Å². The van der Waals surface area contributed by atoms with E-state index in [4.69, 9.17) is 0 Å². The van der Waals surface area contributed by atoms with Gasteiger partial charge in [0, 0.05) is 29.3 Å². The van der Waals surface area contributed by atoms with E-state index in [0.717, 1.165) is 6.07 Å². The quantitative estimate of drug-likeness (QED) is 0.839. The topological polar surface area (TPSA) is 34.0 Å². The zero-order valence-corrected chi connectivity index (χ0v) is 12.0. The van der Waals surface area contributed by atoms with Gasteiger partial charge >= 0.3 is 0 Å². The number of benzene rings is 1. The SMILES string of the molecule is CCn1cc(Br)cc1C(=O)Nc1cc(F)cc(F)c1F. The van der Waals surface area contributed by atoms with Crippen LogP contribution in [0.15, 0.2) is 28.9 Å². The zero-order chi connectivity index (χ0) is 14.9. The number of hydrogen-bond acceptors (Lipinski definition) is 1. The molecule has 0 aliphatic heterocycles. The maximum atomic E-state index is 13.5. The molecule has 1 aromatic heterocycles. The van der Waals surface area contributed by atoms with Crippen LogP contribution in [0.5, 0.6) is 0 Å². The summed E-state index contributed by atoms with van der Waals surface area (Å²) in [5.41, 5.74) is -0.282. The van der Waals surface area contributed by atoms with Crippen molar-refractivity contribution < 1.29 is 18.0 Å². The molecule has 0 aliphatic carbocycles. The number of nitrogens with zero attached hydrogens (tertiary/aromatic N) is 1. The molecular formula is C13H10BrF3N2O. The van der Waals surface area contributed by atoms with E-state index in [2.05, 4.69) is 21.2 Å². The van der Waals surface area contributed by atoms with Crippen molar-refractivity contribution in [1.82, 2.24) is 4.57 Å². The smallest absolute Gasteiger partial charge is 0.272 e. The Bertz CT molecular complexity index is 670. The predicted octanol–water partition coefficient (Wildman–Crippen LogP) is 3.94. The number of halogens is 4. The van der Waals surface area contributed by atoms with Crippen molar-refractivity contribution in [2.45, 2.75) is 13.5 Å². The zero-order valence-electron chi connectivity index (χ0n) is 10.4. The molecule has 0 saturated heterocycles. The fraction of sp³-hybridized carbons (Fsp3) is 0.154. The van der Waals surface area contributed by atoms with Gasteiger partial charge in [0.25, 0.3) is 5.91 Å². The van der Waals surface area contributed by atoms with Gasteiger partial charge in [-0.25, -0.2) is 13.2 Å². The van der Waals surface area contributed by atoms with Gasteiger partial charge < -0.3 is 9.88 Å². The number of nitrogens with one attached hydrogen (secondary N) is 1. The highest BCUT2D eigenvalue weighted by atomic mass is 79.9. The van der Waals surface area contributed by atoms with Gasteiger partial charge in [0.2, 0.25) is 0 Å². The van der Waals surface area contributed by atoms with Crippen molar-refractivity contribution in [3.8, 4) is 0 Å². The summed E-state index contributed by atoms with van der Waals surface area (Å²) in [6.45, 7) is 2.35. The summed E-state index contributed by atoms with van der Waals surface area (Å²) >= 11 is 3.22. The van der Waals surface area contributed by atoms with E-state index < -0.39 is 29.0 Å². The van der Waals surface area contributed by atoms with Crippen molar-refractivity contribution in [2.24, 2.45) is 0 Å². The maximum absolute atomic E-state index is 13.5. The van der Waals surface area contributed by atoms with Crippen LogP contribution in [0.4, 0.5) is 18.9 Å². The fourth-order valence-corrected chi connectivity index (χ4v) is 2.22. The molecule has 0 unspecified atom stereocenters. The van der Waals surface area contributed by atoms with Crippen LogP contribution in [-0.2, 0) is 6.54 Å². The summed E-state index contributed by atoms with van der Waals surface area (Å²) in [7, 11) is 0. The molecule has 7 heteroatoms. The summed E-state index contributed by atoms with van der Waals surface area (Å²) in [6, 6.07) is 2.67. The van der Waals surface area contributed by atoms with Crippen molar-refractivity contribution in [3.05, 3.63) is 52.0 Å². The van der Waals surface area contributed by atoms with Gasteiger partial charge in [-0.15, -0.1) is 0 Å². The largest absolute Gasteiger partial charge is 0.343 e. The third-order valence-corrected chi connectivity index (χ3v) is 3.11. The molecule has 0 saturated carbocycles. The molecule has 1 heterocycles. The highest BCUT2D eigenvalue weighted by Gasteiger charge is 2.17. The fourth-order valence-electron chi connectivity index (χ4n) is 1.76. The Labute approximate surface area is 121 Å². The molecule has 20 heavy (non-hydrogen) atoms. The maximum Gasteiger partial charge on any atom is 0.272 e. The summed E-state index contributed by atoms with van der Waals surface area (Å²) in [6.07, 6.45) is 1.68. The van der Waals surface area contributed by atoms with Crippen LogP contribution in [0.25, 0.3) is 0 Å². The molecule has 1 aromatic carbocycles. The van der Waals surface area contributed by atoms with E-state index in [1.54, 1.807) is 10.8 Å². The van der Waals surface area contributed by atoms with Gasteiger partial charge in [0.15, 0.2) is 11.6 Å². The van der Waals surface area contributed by atoms with E-state index in [1.165, 1.54) is 6.07 Å². The lowest BCUT2D eigenvalue weighted by molar-refractivity contribution is 0.101. The molecule has 2 aromatic rings. The van der Waals surface area contributed by atoms with Crippen molar-refractivity contribution in [3.63, 3.8) is 0 Å². The number of aromatic nitrogens is 1. The molecule has 1 amide bonds. The van der Waals surface area contributed by atoms with E-state index in [-0.39, 0.29) is 5.69 Å². The summed E-state index contributed by atoms with van der Waals surface area (Å²) in [5.74, 6) is -4.27. The number of aryl methyl sites for hydroxylation is 1. The molecular weight excluding hydrogens is 337 g/mol. The Morgan fingerprint density at radius 1 is 1.30 bits per heavy atom. The predicted molar refractivity (Wildman–Crippen MR) is 72.1 cm³/mol. The van der Waals surface area contributed by atoms with Gasteiger partial charge in [-0.05, 0) is 28.9 Å². The molecule has 0 atom stereocenters. The van der Waals surface area contributed by atoms with Crippen molar-refractivity contribution in [1.29, 1.82) is 0 Å². The van der Waals surface area contributed by atoms with E-state index >= 15 is 0 Å². The van der Waals surface area contributed by atoms with E-state index in [0.29, 0.717) is 17.1 Å². The minimum absolute atomic E-state index is 0.253. The minimum atomic E-state index is -1.35. The molecule has 3 nitrogen and oxygen atoms in total. The first-order valence-corrected chi connectivity index (χ1v) is 6.53. The first-order chi connectivity index (χ1) is 9.42. The van der Waals surface area contributed by atoms with Crippen LogP contribution in [0.3, 0.4) is 0 Å². The Morgan fingerprint density at radius 2 is 2.00 bits per heavy atom. The monoisotopic (exact) mass is 346 g/mol. The van der Waals surface area contributed by atoms with Crippen LogP contribution in [0.2, 0.25) is 0 Å². The molecule has 0 fully saturated rings. The Morgan fingerprint density at radius 3 is 2.65 bits per heavy atom. The lowest BCUT2D eigenvalue weighted by Gasteiger charge is -2.09. The molecule has 0 aliphatic rings. The normalized spacial score (nSPS) is 10.7. The average molecular weight is 347 g/mol. The van der Waals surface area contributed by atoms with Gasteiger partial charge in [-0.2, -0.15) is 0 Å². The minimum Gasteiger partial charge on any atom is -0.343 e. The molecule has 0 radical (unpaired) electrons. The molecule has 0 spiro atoms. The summed E-state index contributed by atoms with van der Waals surface area (Å²) in [4.78, 5) is 12.0. The van der Waals surface area contributed by atoms with Gasteiger partial charge in [0.05, 0.1) is 5.69 Å². The summed E-state index contributed by atoms with van der Waals surface area (Å²) < 4.78 is 41.9. The highest BCUT2D eigenvalue weighted by molar-refractivity contribution is 9.10. The highest BCUT2D eigenvalue weighted by Crippen LogP contribution is 2.21. The van der Waals surface area contributed by atoms with Crippen LogP contribution in [-0.4, -0.2) is 10.5 Å². The number of anilines is 1. The first kappa shape index (κ1) is 14.6. The van der Waals surface area contributed by atoms with Crippen LogP contribution >= 0.6 is 15.9 Å². The van der Waals surface area contributed by atoms with Gasteiger partial charge in [0.1, 0.15) is 11.5 Å². The second-order valence-corrected chi connectivity index (χ2v) is 4.95. The lowest BCUT2D eigenvalue weighted by Crippen LogP contribution is -2.17. The van der Waals surface area contributed by atoms with E-state index in [9.17, 15) is 18.0 Å². The number of rotatable bonds is 3.